The van der Waals surface area contributed by atoms with Gasteiger partial charge in [-0.05, 0) is 64.0 Å². The number of carbonyl (C=O) groups excluding carboxylic acids is 1. The molecule has 0 atom stereocenters. The number of anilines is 1. The molecule has 0 unspecified atom stereocenters. The Morgan fingerprint density at radius 1 is 0.842 bits per heavy atom. The largest absolute Gasteiger partial charge is 0.497 e. The summed E-state index contributed by atoms with van der Waals surface area (Å²) >= 11 is 0. The van der Waals surface area contributed by atoms with E-state index >= 15 is 0 Å². The van der Waals surface area contributed by atoms with Gasteiger partial charge in [0.15, 0.2) is 0 Å². The van der Waals surface area contributed by atoms with E-state index in [1.165, 1.54) is 19.2 Å². The number of para-hydroxylation sites is 1. The van der Waals surface area contributed by atoms with E-state index in [4.69, 9.17) is 4.74 Å². The smallest absolute Gasteiger partial charge is 0.264 e. The SMILES string of the molecule is COc1ccc(S(=O)(=O)N(CC(=O)N/N=C\c2c3ccccc3cc3ccccc23)c2ccccc2)cc1. The van der Waals surface area contributed by atoms with Crippen LogP contribution in [0, 0.1) is 0 Å². The van der Waals surface area contributed by atoms with Gasteiger partial charge in [-0.3, -0.25) is 9.10 Å². The summed E-state index contributed by atoms with van der Waals surface area (Å²) in [5.74, 6) is -0.0463. The molecule has 0 radical (unpaired) electrons. The summed E-state index contributed by atoms with van der Waals surface area (Å²) in [6.45, 7) is -0.452. The molecule has 0 aromatic heterocycles. The molecule has 5 rings (SSSR count). The average molecular weight is 524 g/mol. The molecule has 0 bridgehead atoms. The van der Waals surface area contributed by atoms with Crippen LogP contribution in [-0.2, 0) is 14.8 Å². The average Bonchev–Trinajstić information content (AvgIpc) is 2.96. The summed E-state index contributed by atoms with van der Waals surface area (Å²) in [5.41, 5.74) is 3.74. The molecular weight excluding hydrogens is 498 g/mol. The van der Waals surface area contributed by atoms with Crippen molar-refractivity contribution in [2.24, 2.45) is 5.10 Å². The van der Waals surface area contributed by atoms with E-state index in [2.05, 4.69) is 16.6 Å². The standard InChI is InChI=1S/C30H25N3O4S/c1-37-25-15-17-26(18-16-25)38(35,36)33(24-11-3-2-4-12-24)21-30(34)32-31-20-29-27-13-7-5-9-22(27)19-23-10-6-8-14-28(23)29/h2-20H,21H2,1H3,(H,32,34)/b31-20-. The first-order chi connectivity index (χ1) is 18.5. The number of carbonyl (C=O) groups is 1. The second kappa shape index (κ2) is 10.7. The Hall–Kier alpha value is -4.69. The van der Waals surface area contributed by atoms with Gasteiger partial charge in [-0.25, -0.2) is 13.8 Å². The van der Waals surface area contributed by atoms with Crippen molar-refractivity contribution >= 4 is 49.4 Å². The van der Waals surface area contributed by atoms with Crippen LogP contribution in [0.5, 0.6) is 5.75 Å². The number of fused-ring (bicyclic) bond motifs is 2. The lowest BCUT2D eigenvalue weighted by atomic mass is 9.97. The van der Waals surface area contributed by atoms with Crippen LogP contribution in [0.25, 0.3) is 21.5 Å². The minimum absolute atomic E-state index is 0.0423. The highest BCUT2D eigenvalue weighted by atomic mass is 32.2. The third-order valence-electron chi connectivity index (χ3n) is 6.17. The van der Waals surface area contributed by atoms with Gasteiger partial charge in [-0.15, -0.1) is 0 Å². The maximum absolute atomic E-state index is 13.5. The predicted octanol–water partition coefficient (Wildman–Crippen LogP) is 5.35. The molecule has 0 saturated heterocycles. The molecule has 1 N–H and O–H groups in total. The molecule has 7 nitrogen and oxygen atoms in total. The Morgan fingerprint density at radius 3 is 2.03 bits per heavy atom. The number of nitrogens with one attached hydrogen (secondary N) is 1. The van der Waals surface area contributed by atoms with Crippen LogP contribution in [0.1, 0.15) is 5.56 Å². The van der Waals surface area contributed by atoms with Crippen LogP contribution in [0.15, 0.2) is 119 Å². The van der Waals surface area contributed by atoms with Gasteiger partial charge in [0.1, 0.15) is 12.3 Å². The van der Waals surface area contributed by atoms with Gasteiger partial charge in [0.2, 0.25) is 0 Å². The van der Waals surface area contributed by atoms with Gasteiger partial charge in [-0.1, -0.05) is 66.7 Å². The highest BCUT2D eigenvalue weighted by molar-refractivity contribution is 7.92. The molecule has 0 saturated carbocycles. The Labute approximate surface area is 221 Å². The van der Waals surface area contributed by atoms with Crippen LogP contribution >= 0.6 is 0 Å². The zero-order chi connectivity index (χ0) is 26.5. The minimum Gasteiger partial charge on any atom is -0.497 e. The Kier molecular flexibility index (Phi) is 7.06. The summed E-state index contributed by atoms with van der Waals surface area (Å²) in [4.78, 5) is 13.0. The van der Waals surface area contributed by atoms with E-state index in [1.807, 2.05) is 48.5 Å². The predicted molar refractivity (Wildman–Crippen MR) is 151 cm³/mol. The zero-order valence-electron chi connectivity index (χ0n) is 20.6. The maximum atomic E-state index is 13.5. The fraction of sp³-hybridized carbons (Fsp3) is 0.0667. The number of sulfonamides is 1. The van der Waals surface area contributed by atoms with Gasteiger partial charge in [0.25, 0.3) is 15.9 Å². The molecule has 0 fully saturated rings. The number of hydrogen-bond donors (Lipinski definition) is 1. The highest BCUT2D eigenvalue weighted by Gasteiger charge is 2.27. The second-order valence-electron chi connectivity index (χ2n) is 8.55. The summed E-state index contributed by atoms with van der Waals surface area (Å²) < 4.78 is 33.2. The van der Waals surface area contributed by atoms with E-state index < -0.39 is 22.5 Å². The first-order valence-electron chi connectivity index (χ1n) is 11.9. The fourth-order valence-corrected chi connectivity index (χ4v) is 5.73. The van der Waals surface area contributed by atoms with E-state index in [0.29, 0.717) is 11.4 Å². The van der Waals surface area contributed by atoms with Crippen molar-refractivity contribution in [1.29, 1.82) is 0 Å². The minimum atomic E-state index is -4.04. The van der Waals surface area contributed by atoms with E-state index in [0.717, 1.165) is 31.4 Å². The lowest BCUT2D eigenvalue weighted by Crippen LogP contribution is -2.39. The third kappa shape index (κ3) is 5.07. The first kappa shape index (κ1) is 25.0. The van der Waals surface area contributed by atoms with Crippen molar-refractivity contribution < 1.29 is 17.9 Å². The van der Waals surface area contributed by atoms with Crippen LogP contribution in [0.4, 0.5) is 5.69 Å². The van der Waals surface area contributed by atoms with Crippen molar-refractivity contribution in [2.45, 2.75) is 4.90 Å². The van der Waals surface area contributed by atoms with Crippen LogP contribution in [0.3, 0.4) is 0 Å². The molecule has 5 aromatic rings. The normalized spacial score (nSPS) is 11.6. The molecule has 0 aliphatic carbocycles. The van der Waals surface area contributed by atoms with Gasteiger partial charge in [0.05, 0.1) is 23.9 Å². The van der Waals surface area contributed by atoms with Gasteiger partial charge < -0.3 is 4.74 Å². The molecule has 1 amide bonds. The molecule has 0 aliphatic rings. The number of methoxy groups -OCH3 is 1. The molecule has 0 spiro atoms. The Balaban J connectivity index is 1.42. The molecule has 38 heavy (non-hydrogen) atoms. The number of benzene rings is 5. The van der Waals surface area contributed by atoms with Crippen LogP contribution in [0.2, 0.25) is 0 Å². The molecule has 0 heterocycles. The van der Waals surface area contributed by atoms with Crippen molar-refractivity contribution in [3.63, 3.8) is 0 Å². The number of amides is 1. The van der Waals surface area contributed by atoms with Gasteiger partial charge >= 0.3 is 0 Å². The summed E-state index contributed by atoms with van der Waals surface area (Å²) in [5, 5.41) is 8.31. The lowest BCUT2D eigenvalue weighted by Gasteiger charge is -2.23. The first-order valence-corrected chi connectivity index (χ1v) is 13.4. The van der Waals surface area contributed by atoms with Crippen molar-refractivity contribution in [2.75, 3.05) is 18.0 Å². The summed E-state index contributed by atoms with van der Waals surface area (Å²) in [6, 6.07) is 32.5. The number of ether oxygens (including phenoxy) is 1. The van der Waals surface area contributed by atoms with E-state index in [-0.39, 0.29) is 4.90 Å². The summed E-state index contributed by atoms with van der Waals surface area (Å²) in [7, 11) is -2.54. The second-order valence-corrected chi connectivity index (χ2v) is 10.4. The summed E-state index contributed by atoms with van der Waals surface area (Å²) in [6.07, 6.45) is 1.60. The Morgan fingerprint density at radius 2 is 1.42 bits per heavy atom. The number of hydrazone groups is 1. The molecule has 8 heteroatoms. The quantitative estimate of drug-likeness (QED) is 0.169. The number of nitrogens with zero attached hydrogens (tertiary/aromatic N) is 2. The number of rotatable bonds is 8. The topological polar surface area (TPSA) is 88.1 Å². The van der Waals surface area contributed by atoms with Crippen LogP contribution in [-0.4, -0.2) is 34.2 Å². The molecule has 5 aromatic carbocycles. The van der Waals surface area contributed by atoms with Gasteiger partial charge in [-0.2, -0.15) is 5.10 Å². The zero-order valence-corrected chi connectivity index (χ0v) is 21.4. The van der Waals surface area contributed by atoms with Crippen LogP contribution < -0.4 is 14.5 Å². The van der Waals surface area contributed by atoms with Gasteiger partial charge in [0, 0.05) is 5.56 Å². The Bertz CT molecular complexity index is 1680. The number of hydrogen-bond acceptors (Lipinski definition) is 5. The van der Waals surface area contributed by atoms with E-state index in [9.17, 15) is 13.2 Å². The third-order valence-corrected chi connectivity index (χ3v) is 7.96. The van der Waals surface area contributed by atoms with Crippen molar-refractivity contribution in [1.82, 2.24) is 5.43 Å². The van der Waals surface area contributed by atoms with Crippen molar-refractivity contribution in [3.05, 3.63) is 115 Å². The fourth-order valence-electron chi connectivity index (χ4n) is 4.31. The molecule has 0 aliphatic heterocycles. The molecule has 190 valence electrons. The maximum Gasteiger partial charge on any atom is 0.264 e. The lowest BCUT2D eigenvalue weighted by molar-refractivity contribution is -0.119. The molecular formula is C30H25N3O4S. The monoisotopic (exact) mass is 523 g/mol. The van der Waals surface area contributed by atoms with Crippen molar-refractivity contribution in [3.8, 4) is 5.75 Å². The highest BCUT2D eigenvalue weighted by Crippen LogP contribution is 2.27. The van der Waals surface area contributed by atoms with E-state index in [1.54, 1.807) is 48.7 Å².